The van der Waals surface area contributed by atoms with Crippen LogP contribution >= 0.6 is 0 Å². The average Bonchev–Trinajstić information content (AvgIpc) is 2.96. The maximum absolute atomic E-state index is 12.0. The lowest BCUT2D eigenvalue weighted by Crippen LogP contribution is -2.20. The van der Waals surface area contributed by atoms with E-state index in [9.17, 15) is 4.79 Å². The van der Waals surface area contributed by atoms with Crippen molar-refractivity contribution in [3.8, 4) is 0 Å². The summed E-state index contributed by atoms with van der Waals surface area (Å²) in [6.45, 7) is 3.89. The summed E-state index contributed by atoms with van der Waals surface area (Å²) < 4.78 is 10.7. The lowest BCUT2D eigenvalue weighted by atomic mass is 10.1. The van der Waals surface area contributed by atoms with Crippen LogP contribution in [0.5, 0.6) is 0 Å². The molecule has 1 saturated heterocycles. The predicted octanol–water partition coefficient (Wildman–Crippen LogP) is 2.43. The van der Waals surface area contributed by atoms with Crippen LogP contribution in [0.1, 0.15) is 36.5 Å². The van der Waals surface area contributed by atoms with Gasteiger partial charge in [0.25, 0.3) is 0 Å². The van der Waals surface area contributed by atoms with Crippen molar-refractivity contribution in [2.45, 2.75) is 32.3 Å². The molecule has 3 N–H and O–H groups in total. The molecule has 1 heterocycles. The van der Waals surface area contributed by atoms with Crippen LogP contribution in [0.15, 0.2) is 18.2 Å². The monoisotopic (exact) mass is 278 g/mol. The van der Waals surface area contributed by atoms with Crippen molar-refractivity contribution in [1.82, 2.24) is 0 Å². The zero-order chi connectivity index (χ0) is 14.4. The van der Waals surface area contributed by atoms with Gasteiger partial charge in [-0.1, -0.05) is 6.92 Å². The van der Waals surface area contributed by atoms with E-state index in [1.54, 1.807) is 12.1 Å². The fourth-order valence-corrected chi connectivity index (χ4v) is 2.19. The number of anilines is 2. The first kappa shape index (κ1) is 14.7. The highest BCUT2D eigenvalue weighted by atomic mass is 16.5. The zero-order valence-electron chi connectivity index (χ0n) is 11.9. The van der Waals surface area contributed by atoms with Crippen LogP contribution in [0, 0.1) is 0 Å². The van der Waals surface area contributed by atoms with E-state index >= 15 is 0 Å². The van der Waals surface area contributed by atoms with Gasteiger partial charge >= 0.3 is 5.97 Å². The van der Waals surface area contributed by atoms with Crippen LogP contribution in [0.4, 0.5) is 11.4 Å². The maximum Gasteiger partial charge on any atom is 0.340 e. The van der Waals surface area contributed by atoms with E-state index in [4.69, 9.17) is 15.2 Å². The van der Waals surface area contributed by atoms with Crippen LogP contribution in [0.25, 0.3) is 0 Å². The number of nitrogens with two attached hydrogens (primary N) is 1. The topological polar surface area (TPSA) is 73.6 Å². The number of nitrogens with one attached hydrogen (secondary N) is 1. The molecule has 0 amide bonds. The first-order valence-corrected chi connectivity index (χ1v) is 7.13. The number of hydrogen-bond donors (Lipinski definition) is 2. The van der Waals surface area contributed by atoms with Gasteiger partial charge in [0.2, 0.25) is 0 Å². The molecule has 0 radical (unpaired) electrons. The number of benzene rings is 1. The molecule has 110 valence electrons. The van der Waals surface area contributed by atoms with Gasteiger partial charge in [-0.25, -0.2) is 4.79 Å². The molecule has 0 saturated carbocycles. The summed E-state index contributed by atoms with van der Waals surface area (Å²) in [4.78, 5) is 12.0. The zero-order valence-corrected chi connectivity index (χ0v) is 11.9. The van der Waals surface area contributed by atoms with Gasteiger partial charge in [0.05, 0.1) is 18.3 Å². The third-order valence-corrected chi connectivity index (χ3v) is 3.24. The van der Waals surface area contributed by atoms with Crippen molar-refractivity contribution in [3.63, 3.8) is 0 Å². The number of carbonyl (C=O) groups excluding carboxylic acids is 1. The van der Waals surface area contributed by atoms with Gasteiger partial charge in [-0.05, 0) is 37.5 Å². The van der Waals surface area contributed by atoms with Crippen LogP contribution in [-0.4, -0.2) is 31.8 Å². The Morgan fingerprint density at radius 2 is 2.40 bits per heavy atom. The van der Waals surface area contributed by atoms with Gasteiger partial charge in [0.1, 0.15) is 0 Å². The molecule has 0 unspecified atom stereocenters. The Labute approximate surface area is 119 Å². The SMILES string of the molecule is CCCOC(=O)c1cc(N)ccc1NC[C@H]1CCCO1. The van der Waals surface area contributed by atoms with Crippen molar-refractivity contribution >= 4 is 17.3 Å². The number of ether oxygens (including phenoxy) is 2. The summed E-state index contributed by atoms with van der Waals surface area (Å²) in [5.41, 5.74) is 7.53. The van der Waals surface area contributed by atoms with E-state index in [0.717, 1.165) is 31.6 Å². The van der Waals surface area contributed by atoms with Crippen molar-refractivity contribution in [3.05, 3.63) is 23.8 Å². The normalized spacial score (nSPS) is 17.9. The molecule has 20 heavy (non-hydrogen) atoms. The van der Waals surface area contributed by atoms with Crippen LogP contribution < -0.4 is 11.1 Å². The molecule has 0 bridgehead atoms. The Morgan fingerprint density at radius 1 is 1.55 bits per heavy atom. The van der Waals surface area contributed by atoms with E-state index in [-0.39, 0.29) is 12.1 Å². The highest BCUT2D eigenvalue weighted by Gasteiger charge is 2.17. The summed E-state index contributed by atoms with van der Waals surface area (Å²) in [6.07, 6.45) is 3.16. The molecule has 5 heteroatoms. The first-order valence-electron chi connectivity index (χ1n) is 7.13. The molecular formula is C15H22N2O3. The van der Waals surface area contributed by atoms with Gasteiger partial charge < -0.3 is 20.5 Å². The fourth-order valence-electron chi connectivity index (χ4n) is 2.19. The van der Waals surface area contributed by atoms with Crippen LogP contribution in [0.3, 0.4) is 0 Å². The summed E-state index contributed by atoms with van der Waals surface area (Å²) in [7, 11) is 0. The lowest BCUT2D eigenvalue weighted by Gasteiger charge is -2.15. The number of esters is 1. The average molecular weight is 278 g/mol. The van der Waals surface area contributed by atoms with Gasteiger partial charge in [-0.2, -0.15) is 0 Å². The summed E-state index contributed by atoms with van der Waals surface area (Å²) in [5, 5.41) is 3.26. The predicted molar refractivity (Wildman–Crippen MR) is 78.9 cm³/mol. The van der Waals surface area contributed by atoms with Crippen molar-refractivity contribution in [1.29, 1.82) is 0 Å². The summed E-state index contributed by atoms with van der Waals surface area (Å²) >= 11 is 0. The second-order valence-corrected chi connectivity index (χ2v) is 4.96. The summed E-state index contributed by atoms with van der Waals surface area (Å²) in [5.74, 6) is -0.339. The standard InChI is InChI=1S/C15H22N2O3/c1-2-7-20-15(18)13-9-11(16)5-6-14(13)17-10-12-4-3-8-19-12/h5-6,9,12,17H,2-4,7-8,10,16H2,1H3/t12-/m1/s1. The second kappa shape index (κ2) is 7.14. The van der Waals surface area contributed by atoms with Crippen molar-refractivity contribution in [2.75, 3.05) is 30.8 Å². The van der Waals surface area contributed by atoms with Crippen LogP contribution in [0.2, 0.25) is 0 Å². The van der Waals surface area contributed by atoms with Crippen molar-refractivity contribution < 1.29 is 14.3 Å². The quantitative estimate of drug-likeness (QED) is 0.617. The van der Waals surface area contributed by atoms with Gasteiger partial charge in [0.15, 0.2) is 0 Å². The molecule has 1 aromatic rings. The first-order chi connectivity index (χ1) is 9.70. The number of nitrogen functional groups attached to an aromatic ring is 1. The molecule has 1 aliphatic heterocycles. The third kappa shape index (κ3) is 3.87. The van der Waals surface area contributed by atoms with Gasteiger partial charge in [0, 0.05) is 24.5 Å². The Kier molecular flexibility index (Phi) is 5.24. The molecular weight excluding hydrogens is 256 g/mol. The molecule has 1 fully saturated rings. The van der Waals surface area contributed by atoms with E-state index in [1.807, 2.05) is 13.0 Å². The second-order valence-electron chi connectivity index (χ2n) is 4.96. The molecule has 5 nitrogen and oxygen atoms in total. The Bertz CT molecular complexity index is 456. The smallest absolute Gasteiger partial charge is 0.340 e. The van der Waals surface area contributed by atoms with Crippen molar-refractivity contribution in [2.24, 2.45) is 0 Å². The van der Waals surface area contributed by atoms with Gasteiger partial charge in [-0.3, -0.25) is 0 Å². The fraction of sp³-hybridized carbons (Fsp3) is 0.533. The van der Waals surface area contributed by atoms with E-state index in [0.29, 0.717) is 24.4 Å². The molecule has 1 aliphatic rings. The number of rotatable bonds is 6. The number of carbonyl (C=O) groups is 1. The van der Waals surface area contributed by atoms with Gasteiger partial charge in [-0.15, -0.1) is 0 Å². The van der Waals surface area contributed by atoms with Crippen LogP contribution in [-0.2, 0) is 9.47 Å². The maximum atomic E-state index is 12.0. The molecule has 2 rings (SSSR count). The minimum Gasteiger partial charge on any atom is -0.462 e. The van der Waals surface area contributed by atoms with E-state index in [1.165, 1.54) is 0 Å². The molecule has 1 aromatic carbocycles. The minimum atomic E-state index is -0.339. The highest BCUT2D eigenvalue weighted by Crippen LogP contribution is 2.21. The largest absolute Gasteiger partial charge is 0.462 e. The minimum absolute atomic E-state index is 0.215. The van der Waals surface area contributed by atoms with E-state index < -0.39 is 0 Å². The third-order valence-electron chi connectivity index (χ3n) is 3.24. The molecule has 0 aliphatic carbocycles. The lowest BCUT2D eigenvalue weighted by molar-refractivity contribution is 0.0506. The molecule has 1 atom stereocenters. The number of hydrogen-bond acceptors (Lipinski definition) is 5. The summed E-state index contributed by atoms with van der Waals surface area (Å²) in [6, 6.07) is 5.23. The Balaban J connectivity index is 2.04. The Hall–Kier alpha value is -1.75. The molecule has 0 spiro atoms. The Morgan fingerprint density at radius 3 is 3.10 bits per heavy atom. The van der Waals surface area contributed by atoms with E-state index in [2.05, 4.69) is 5.32 Å². The highest BCUT2D eigenvalue weighted by molar-refractivity contribution is 5.96. The molecule has 0 aromatic heterocycles.